The second-order valence-electron chi connectivity index (χ2n) is 5.84. The highest BCUT2D eigenvalue weighted by Gasteiger charge is 2.56. The van der Waals surface area contributed by atoms with Gasteiger partial charge in [-0.25, -0.2) is 4.90 Å². The molecule has 8 heteroatoms. The number of nitrogens with zero attached hydrogens (tertiary/aromatic N) is 2. The summed E-state index contributed by atoms with van der Waals surface area (Å²) in [6, 6.07) is 10.6. The van der Waals surface area contributed by atoms with Crippen molar-refractivity contribution >= 4 is 45.3 Å². The Morgan fingerprint density at radius 2 is 1.92 bits per heavy atom. The summed E-state index contributed by atoms with van der Waals surface area (Å²) in [4.78, 5) is 33.0. The molecule has 128 valence electrons. The summed E-state index contributed by atoms with van der Waals surface area (Å²) < 4.78 is 12.7. The highest BCUT2D eigenvalue weighted by molar-refractivity contribution is 7.86. The third-order valence-corrected chi connectivity index (χ3v) is 6.73. The first-order valence-electron chi connectivity index (χ1n) is 7.60. The molecule has 0 radical (unpaired) electrons. The normalized spacial score (nSPS) is 23.4. The molecule has 0 bridgehead atoms. The van der Waals surface area contributed by atoms with Gasteiger partial charge < -0.3 is 4.84 Å². The number of oxime groups is 1. The maximum absolute atomic E-state index is 12.9. The number of thiophene rings is 1. The van der Waals surface area contributed by atoms with Crippen molar-refractivity contribution in [1.29, 1.82) is 0 Å². The van der Waals surface area contributed by atoms with Crippen molar-refractivity contribution < 1.29 is 18.6 Å². The molecule has 0 spiro atoms. The van der Waals surface area contributed by atoms with Crippen LogP contribution in [-0.2, 0) is 25.2 Å². The molecular weight excluding hydrogens is 360 g/mol. The van der Waals surface area contributed by atoms with E-state index >= 15 is 0 Å². The van der Waals surface area contributed by atoms with Crippen molar-refractivity contribution in [2.75, 3.05) is 11.2 Å². The predicted octanol–water partition coefficient (Wildman–Crippen LogP) is 2.09. The molecule has 2 aromatic rings. The van der Waals surface area contributed by atoms with Gasteiger partial charge in [-0.2, -0.15) is 0 Å². The van der Waals surface area contributed by atoms with E-state index in [9.17, 15) is 13.8 Å². The highest BCUT2D eigenvalue weighted by Crippen LogP contribution is 2.37. The van der Waals surface area contributed by atoms with Crippen molar-refractivity contribution in [3.05, 3.63) is 46.8 Å². The minimum atomic E-state index is -1.22. The summed E-state index contributed by atoms with van der Waals surface area (Å²) in [5, 5.41) is 4.00. The molecule has 3 atom stereocenters. The van der Waals surface area contributed by atoms with Gasteiger partial charge in [0.1, 0.15) is 15.8 Å². The summed E-state index contributed by atoms with van der Waals surface area (Å²) in [7, 11) is -1.22. The topological polar surface area (TPSA) is 76.0 Å². The Kier molecular flexibility index (Phi) is 3.81. The summed E-state index contributed by atoms with van der Waals surface area (Å²) in [6.45, 7) is 1.90. The van der Waals surface area contributed by atoms with Crippen molar-refractivity contribution in [1.82, 2.24) is 0 Å². The van der Waals surface area contributed by atoms with Crippen LogP contribution in [0.4, 0.5) is 5.69 Å². The van der Waals surface area contributed by atoms with E-state index < -0.39 is 28.7 Å². The predicted molar refractivity (Wildman–Crippen MR) is 95.2 cm³/mol. The molecule has 4 rings (SSSR count). The van der Waals surface area contributed by atoms with Crippen molar-refractivity contribution in [3.8, 4) is 0 Å². The molecule has 2 aliphatic rings. The number of amides is 2. The summed E-state index contributed by atoms with van der Waals surface area (Å²) >= 11 is 1.40. The number of carbonyl (C=O) groups excluding carboxylic acids is 2. The Morgan fingerprint density at radius 3 is 2.60 bits per heavy atom. The summed E-state index contributed by atoms with van der Waals surface area (Å²) in [5.74, 6) is -1.59. The summed E-state index contributed by atoms with van der Waals surface area (Å²) in [5.41, 5.74) is 1.53. The lowest BCUT2D eigenvalue weighted by atomic mass is 9.95. The molecule has 3 unspecified atom stereocenters. The number of carbonyl (C=O) groups is 2. The van der Waals surface area contributed by atoms with Crippen LogP contribution in [0.3, 0.4) is 0 Å². The number of hydrogen-bond acceptors (Lipinski definition) is 6. The van der Waals surface area contributed by atoms with E-state index in [-0.39, 0.29) is 5.91 Å². The molecule has 1 fully saturated rings. The molecule has 1 aromatic carbocycles. The monoisotopic (exact) mass is 374 g/mol. The molecule has 6 nitrogen and oxygen atoms in total. The van der Waals surface area contributed by atoms with Crippen molar-refractivity contribution in [3.63, 3.8) is 0 Å². The van der Waals surface area contributed by atoms with Crippen LogP contribution in [0.25, 0.3) is 0 Å². The van der Waals surface area contributed by atoms with Crippen LogP contribution in [0, 0.1) is 12.8 Å². The first-order valence-corrected chi connectivity index (χ1v) is 9.97. The maximum atomic E-state index is 12.9. The lowest BCUT2D eigenvalue weighted by Crippen LogP contribution is -2.33. The fourth-order valence-electron chi connectivity index (χ4n) is 3.12. The first kappa shape index (κ1) is 16.2. The molecule has 3 heterocycles. The molecule has 1 aromatic heterocycles. The highest BCUT2D eigenvalue weighted by atomic mass is 32.2. The minimum Gasteiger partial charge on any atom is -0.381 e. The number of aryl methyl sites for hydroxylation is 1. The second-order valence-corrected chi connectivity index (χ2v) is 8.67. The fraction of sp³-hybridized carbons (Fsp3) is 0.235. The maximum Gasteiger partial charge on any atom is 0.278 e. The van der Waals surface area contributed by atoms with E-state index in [0.717, 1.165) is 9.78 Å². The fourth-order valence-corrected chi connectivity index (χ4v) is 5.20. The average Bonchev–Trinajstić information content (AvgIpc) is 3.24. The SMILES string of the molecule is Cc1cc(C2=NOC3C(=O)N(c4ccccc4)C(=O)C23)c(S(C)=O)s1. The Morgan fingerprint density at radius 1 is 1.20 bits per heavy atom. The van der Waals surface area contributed by atoms with E-state index in [0.29, 0.717) is 21.2 Å². The molecule has 25 heavy (non-hydrogen) atoms. The number of imide groups is 1. The van der Waals surface area contributed by atoms with Crippen molar-refractivity contribution in [2.45, 2.75) is 17.2 Å². The summed E-state index contributed by atoms with van der Waals surface area (Å²) in [6.07, 6.45) is 0.626. The van der Waals surface area contributed by atoms with Gasteiger partial charge in [0.25, 0.3) is 5.91 Å². The smallest absolute Gasteiger partial charge is 0.278 e. The van der Waals surface area contributed by atoms with Gasteiger partial charge in [0.05, 0.1) is 16.5 Å². The van der Waals surface area contributed by atoms with E-state index in [1.54, 1.807) is 30.5 Å². The van der Waals surface area contributed by atoms with Gasteiger partial charge in [-0.15, -0.1) is 11.3 Å². The van der Waals surface area contributed by atoms with Crippen LogP contribution in [-0.4, -0.2) is 34.1 Å². The number of benzene rings is 1. The number of rotatable bonds is 3. The third-order valence-electron chi connectivity index (χ3n) is 4.18. The largest absolute Gasteiger partial charge is 0.381 e. The molecular formula is C17H14N2O4S2. The Hall–Kier alpha value is -2.32. The number of fused-ring (bicyclic) bond motifs is 1. The van der Waals surface area contributed by atoms with Gasteiger partial charge in [-0.1, -0.05) is 23.4 Å². The lowest BCUT2D eigenvalue weighted by molar-refractivity contribution is -0.126. The lowest BCUT2D eigenvalue weighted by Gasteiger charge is -2.15. The molecule has 0 aliphatic carbocycles. The molecule has 0 saturated carbocycles. The minimum absolute atomic E-state index is 0.367. The van der Waals surface area contributed by atoms with Gasteiger partial charge in [0, 0.05) is 16.7 Å². The molecule has 2 amide bonds. The zero-order chi connectivity index (χ0) is 17.7. The Balaban J connectivity index is 1.75. The zero-order valence-corrected chi connectivity index (χ0v) is 15.1. The number of para-hydroxylation sites is 1. The molecule has 1 saturated heterocycles. The van der Waals surface area contributed by atoms with Crippen LogP contribution >= 0.6 is 11.3 Å². The van der Waals surface area contributed by atoms with E-state index in [1.165, 1.54) is 11.3 Å². The average molecular weight is 374 g/mol. The zero-order valence-electron chi connectivity index (χ0n) is 13.5. The molecule has 0 N–H and O–H groups in total. The van der Waals surface area contributed by atoms with Gasteiger partial charge in [-0.3, -0.25) is 13.8 Å². The molecule has 2 aliphatic heterocycles. The quantitative estimate of drug-likeness (QED) is 0.771. The Bertz CT molecular complexity index is 935. The Labute approximate surface area is 150 Å². The standard InChI is InChI=1S/C17H14N2O4S2/c1-9-8-11(17(24-9)25(2)22)13-12-14(23-18-13)16(21)19(15(12)20)10-6-4-3-5-7-10/h3-8,12,14H,1-2H3. The van der Waals surface area contributed by atoms with Crippen molar-refractivity contribution in [2.24, 2.45) is 11.1 Å². The third kappa shape index (κ3) is 2.44. The van der Waals surface area contributed by atoms with Crippen LogP contribution in [0.2, 0.25) is 0 Å². The van der Waals surface area contributed by atoms with Gasteiger partial charge in [0.2, 0.25) is 12.0 Å². The second kappa shape index (κ2) is 5.89. The first-order chi connectivity index (χ1) is 12.0. The van der Waals surface area contributed by atoms with Crippen LogP contribution < -0.4 is 4.90 Å². The number of anilines is 1. The van der Waals surface area contributed by atoms with Gasteiger partial charge in [0.15, 0.2) is 0 Å². The van der Waals surface area contributed by atoms with E-state index in [4.69, 9.17) is 4.84 Å². The van der Waals surface area contributed by atoms with Crippen LogP contribution in [0.1, 0.15) is 10.4 Å². The van der Waals surface area contributed by atoms with E-state index in [2.05, 4.69) is 5.16 Å². The van der Waals surface area contributed by atoms with Crippen LogP contribution in [0.5, 0.6) is 0 Å². The van der Waals surface area contributed by atoms with Crippen LogP contribution in [0.15, 0.2) is 45.8 Å². The number of hydrogen-bond donors (Lipinski definition) is 0. The van der Waals surface area contributed by atoms with Gasteiger partial charge in [-0.05, 0) is 25.1 Å². The van der Waals surface area contributed by atoms with E-state index in [1.807, 2.05) is 19.1 Å². The van der Waals surface area contributed by atoms with Gasteiger partial charge >= 0.3 is 0 Å².